The third-order valence-corrected chi connectivity index (χ3v) is 8.16. The Labute approximate surface area is 260 Å². The first-order chi connectivity index (χ1) is 21.6. The molecule has 4 aromatic rings. The lowest BCUT2D eigenvalue weighted by molar-refractivity contribution is -0.125. The lowest BCUT2D eigenvalue weighted by Crippen LogP contribution is -2.32. The summed E-state index contributed by atoms with van der Waals surface area (Å²) < 4.78 is 11.7. The summed E-state index contributed by atoms with van der Waals surface area (Å²) in [5.74, 6) is 1.43. The van der Waals surface area contributed by atoms with Crippen LogP contribution in [0.1, 0.15) is 49.7 Å². The molecule has 4 aromatic carbocycles. The molecule has 0 atom stereocenters. The minimum atomic E-state index is -0.0914. The average Bonchev–Trinajstić information content (AvgIpc) is 3.07. The molecule has 0 bridgehead atoms. The van der Waals surface area contributed by atoms with E-state index in [1.807, 2.05) is 60.7 Å². The number of hydrogen-bond donors (Lipinski definition) is 2. The van der Waals surface area contributed by atoms with Crippen molar-refractivity contribution in [3.63, 3.8) is 0 Å². The van der Waals surface area contributed by atoms with Gasteiger partial charge >= 0.3 is 0 Å². The van der Waals surface area contributed by atoms with Gasteiger partial charge in [-0.15, -0.1) is 0 Å². The predicted octanol–water partition coefficient (Wildman–Crippen LogP) is 8.09. The minimum Gasteiger partial charge on any atom is -0.494 e. The molecule has 6 heteroatoms. The van der Waals surface area contributed by atoms with Crippen molar-refractivity contribution >= 4 is 23.2 Å². The maximum atomic E-state index is 12.9. The summed E-state index contributed by atoms with van der Waals surface area (Å²) in [4.78, 5) is 25.8. The number of benzene rings is 4. The molecule has 2 amide bonds. The van der Waals surface area contributed by atoms with Gasteiger partial charge in [-0.1, -0.05) is 60.7 Å². The Kier molecular flexibility index (Phi) is 11.4. The Hall–Kier alpha value is -4.58. The van der Waals surface area contributed by atoms with Gasteiger partial charge in [0, 0.05) is 23.2 Å². The molecule has 0 aromatic heterocycles. The van der Waals surface area contributed by atoms with Crippen LogP contribution in [0.25, 0.3) is 0 Å². The van der Waals surface area contributed by atoms with E-state index in [2.05, 4.69) is 59.2 Å². The highest BCUT2D eigenvalue weighted by Crippen LogP contribution is 2.31. The van der Waals surface area contributed by atoms with Gasteiger partial charge in [0.2, 0.25) is 11.8 Å². The summed E-state index contributed by atoms with van der Waals surface area (Å²) in [5.41, 5.74) is 4.14. The van der Waals surface area contributed by atoms with E-state index in [1.54, 1.807) is 0 Å². The number of carbonyl (C=O) groups excluding carboxylic acids is 2. The van der Waals surface area contributed by atoms with E-state index in [0.29, 0.717) is 38.9 Å². The van der Waals surface area contributed by atoms with Crippen LogP contribution in [-0.4, -0.2) is 25.0 Å². The fourth-order valence-corrected chi connectivity index (χ4v) is 5.60. The molecule has 0 saturated heterocycles. The molecular weight excluding hydrogens is 548 g/mol. The first kappa shape index (κ1) is 30.9. The molecule has 1 saturated carbocycles. The number of nitrogens with one attached hydrogen (secondary N) is 2. The smallest absolute Gasteiger partial charge is 0.227 e. The molecule has 44 heavy (non-hydrogen) atoms. The predicted molar refractivity (Wildman–Crippen MR) is 176 cm³/mol. The molecule has 0 aliphatic heterocycles. The van der Waals surface area contributed by atoms with Gasteiger partial charge in [0.15, 0.2) is 0 Å². The quantitative estimate of drug-likeness (QED) is 0.146. The molecule has 0 heterocycles. The van der Waals surface area contributed by atoms with Crippen molar-refractivity contribution in [1.29, 1.82) is 0 Å². The molecule has 1 aliphatic carbocycles. The van der Waals surface area contributed by atoms with Gasteiger partial charge in [0.05, 0.1) is 13.2 Å². The van der Waals surface area contributed by atoms with Crippen LogP contribution >= 0.6 is 0 Å². The second kappa shape index (κ2) is 16.3. The van der Waals surface area contributed by atoms with Crippen molar-refractivity contribution in [1.82, 2.24) is 0 Å². The molecule has 0 spiro atoms. The molecule has 0 radical (unpaired) electrons. The van der Waals surface area contributed by atoms with E-state index in [9.17, 15) is 9.59 Å². The fourth-order valence-electron chi connectivity index (χ4n) is 5.60. The summed E-state index contributed by atoms with van der Waals surface area (Å²) in [6, 6.07) is 35.9. The van der Waals surface area contributed by atoms with Crippen molar-refractivity contribution in [3.8, 4) is 11.5 Å². The number of rotatable bonds is 14. The van der Waals surface area contributed by atoms with Gasteiger partial charge in [0.1, 0.15) is 11.5 Å². The van der Waals surface area contributed by atoms with Crippen LogP contribution in [0.4, 0.5) is 11.4 Å². The molecule has 5 rings (SSSR count). The highest BCUT2D eigenvalue weighted by Gasteiger charge is 2.30. The van der Waals surface area contributed by atoms with E-state index in [-0.39, 0.29) is 23.7 Å². The Morgan fingerprint density at radius 2 is 0.886 bits per heavy atom. The van der Waals surface area contributed by atoms with Crippen molar-refractivity contribution in [2.24, 2.45) is 11.8 Å². The standard InChI is InChI=1S/C38H42N2O4/c41-37(39-33-19-23-35(24-20-33)43-27-7-13-29-9-3-1-4-10-29)31-15-17-32(18-16-31)38(42)40-34-21-25-36(26-22-34)44-28-8-14-30-11-5-2-6-12-30/h1-6,9-12,19-26,31-32H,7-8,13-18,27-28H2,(H,39,41)(H,40,42). The number of anilines is 2. The highest BCUT2D eigenvalue weighted by atomic mass is 16.5. The maximum Gasteiger partial charge on any atom is 0.227 e. The van der Waals surface area contributed by atoms with Crippen molar-refractivity contribution < 1.29 is 19.1 Å². The first-order valence-electron chi connectivity index (χ1n) is 15.8. The van der Waals surface area contributed by atoms with Crippen LogP contribution in [0.5, 0.6) is 11.5 Å². The van der Waals surface area contributed by atoms with Crippen LogP contribution in [-0.2, 0) is 22.4 Å². The highest BCUT2D eigenvalue weighted by molar-refractivity contribution is 5.94. The summed E-state index contributed by atoms with van der Waals surface area (Å²) >= 11 is 0. The van der Waals surface area contributed by atoms with E-state index in [1.165, 1.54) is 11.1 Å². The summed E-state index contributed by atoms with van der Waals surface area (Å²) in [7, 11) is 0. The summed E-state index contributed by atoms with van der Waals surface area (Å²) in [5, 5.41) is 6.07. The summed E-state index contributed by atoms with van der Waals surface area (Å²) in [6.07, 6.45) is 6.64. The van der Waals surface area contributed by atoms with Gasteiger partial charge < -0.3 is 20.1 Å². The average molecular weight is 591 g/mol. The first-order valence-corrected chi connectivity index (χ1v) is 15.8. The zero-order valence-corrected chi connectivity index (χ0v) is 25.3. The van der Waals surface area contributed by atoms with Crippen LogP contribution in [0.3, 0.4) is 0 Å². The maximum absolute atomic E-state index is 12.9. The Morgan fingerprint density at radius 1 is 0.523 bits per heavy atom. The zero-order chi connectivity index (χ0) is 30.4. The van der Waals surface area contributed by atoms with Crippen molar-refractivity contribution in [3.05, 3.63) is 120 Å². The molecule has 6 nitrogen and oxygen atoms in total. The van der Waals surface area contributed by atoms with Crippen LogP contribution in [0, 0.1) is 11.8 Å². The van der Waals surface area contributed by atoms with E-state index in [0.717, 1.165) is 48.6 Å². The van der Waals surface area contributed by atoms with Gasteiger partial charge in [-0.25, -0.2) is 0 Å². The second-order valence-electron chi connectivity index (χ2n) is 11.5. The molecule has 1 fully saturated rings. The normalized spacial score (nSPS) is 16.1. The van der Waals surface area contributed by atoms with E-state index < -0.39 is 0 Å². The van der Waals surface area contributed by atoms with Gasteiger partial charge in [0.25, 0.3) is 0 Å². The fraction of sp³-hybridized carbons (Fsp3) is 0.316. The third-order valence-electron chi connectivity index (χ3n) is 8.16. The van der Waals surface area contributed by atoms with Crippen LogP contribution in [0.2, 0.25) is 0 Å². The van der Waals surface area contributed by atoms with Gasteiger partial charge in [-0.2, -0.15) is 0 Å². The molecule has 2 N–H and O–H groups in total. The summed E-state index contributed by atoms with van der Waals surface area (Å²) in [6.45, 7) is 1.29. The lowest BCUT2D eigenvalue weighted by atomic mass is 9.81. The monoisotopic (exact) mass is 590 g/mol. The van der Waals surface area contributed by atoms with Crippen LogP contribution < -0.4 is 20.1 Å². The molecule has 228 valence electrons. The number of hydrogen-bond acceptors (Lipinski definition) is 4. The number of carbonyl (C=O) groups is 2. The minimum absolute atomic E-state index is 0.0137. The van der Waals surface area contributed by atoms with Crippen LogP contribution in [0.15, 0.2) is 109 Å². The van der Waals surface area contributed by atoms with Crippen molar-refractivity contribution in [2.75, 3.05) is 23.8 Å². The lowest BCUT2D eigenvalue weighted by Gasteiger charge is -2.27. The number of amides is 2. The second-order valence-corrected chi connectivity index (χ2v) is 11.5. The zero-order valence-electron chi connectivity index (χ0n) is 25.3. The van der Waals surface area contributed by atoms with Gasteiger partial charge in [-0.05, 0) is 111 Å². The topological polar surface area (TPSA) is 76.7 Å². The Balaban J connectivity index is 0.968. The van der Waals surface area contributed by atoms with E-state index >= 15 is 0 Å². The number of aryl methyl sites for hydroxylation is 2. The SMILES string of the molecule is O=C(Nc1ccc(OCCCc2ccccc2)cc1)C1CCC(C(=O)Nc2ccc(OCCCc3ccccc3)cc2)CC1. The number of ether oxygens (including phenoxy) is 2. The van der Waals surface area contributed by atoms with Gasteiger partial charge in [-0.3, -0.25) is 9.59 Å². The Morgan fingerprint density at radius 3 is 1.25 bits per heavy atom. The molecule has 0 unspecified atom stereocenters. The third kappa shape index (κ3) is 9.73. The largest absolute Gasteiger partial charge is 0.494 e. The van der Waals surface area contributed by atoms with Crippen molar-refractivity contribution in [2.45, 2.75) is 51.4 Å². The van der Waals surface area contributed by atoms with E-state index in [4.69, 9.17) is 9.47 Å². The molecular formula is C38H42N2O4. The molecule has 1 aliphatic rings. The Bertz CT molecular complexity index is 1320.